The van der Waals surface area contributed by atoms with Crippen LogP contribution < -0.4 is 4.90 Å². The number of benzene rings is 3. The van der Waals surface area contributed by atoms with Gasteiger partial charge >= 0.3 is 0 Å². The first-order chi connectivity index (χ1) is 13.5. The van der Waals surface area contributed by atoms with Crippen molar-refractivity contribution in [1.82, 2.24) is 4.98 Å². The summed E-state index contributed by atoms with van der Waals surface area (Å²) in [4.78, 5) is 19.2. The van der Waals surface area contributed by atoms with Gasteiger partial charge in [-0.2, -0.15) is 0 Å². The van der Waals surface area contributed by atoms with Gasteiger partial charge in [0.25, 0.3) is 5.91 Å². The maximum atomic E-state index is 14.3. The molecule has 3 aromatic carbocycles. The van der Waals surface area contributed by atoms with Gasteiger partial charge in [0, 0.05) is 6.07 Å². The van der Waals surface area contributed by atoms with Crippen molar-refractivity contribution in [2.45, 2.75) is 13.5 Å². The van der Waals surface area contributed by atoms with Gasteiger partial charge in [-0.05, 0) is 36.2 Å². The summed E-state index contributed by atoms with van der Waals surface area (Å²) >= 11 is 1.37. The molecule has 4 rings (SSSR count). The molecular formula is C22H16F2N2OS. The number of nitrogens with zero attached hydrogens (tertiary/aromatic N) is 2. The fraction of sp³-hybridized carbons (Fsp3) is 0.0909. The van der Waals surface area contributed by atoms with Crippen LogP contribution >= 0.6 is 11.3 Å². The number of amides is 1. The number of aryl methyl sites for hydroxylation is 1. The topological polar surface area (TPSA) is 33.2 Å². The van der Waals surface area contributed by atoms with E-state index in [1.165, 1.54) is 22.3 Å². The van der Waals surface area contributed by atoms with Gasteiger partial charge in [0.1, 0.15) is 11.6 Å². The van der Waals surface area contributed by atoms with E-state index < -0.39 is 17.5 Å². The fourth-order valence-electron chi connectivity index (χ4n) is 2.99. The standard InChI is InChI=1S/C22H16F2N2OS/c1-14-6-5-9-19-20(14)25-22(28-19)26(13-15-7-3-2-4-8-15)21(27)17-11-10-16(23)12-18(17)24/h2-12H,13H2,1H3. The summed E-state index contributed by atoms with van der Waals surface area (Å²) in [6, 6.07) is 18.2. The monoisotopic (exact) mass is 394 g/mol. The molecular weight excluding hydrogens is 378 g/mol. The molecule has 6 heteroatoms. The number of carbonyl (C=O) groups is 1. The number of thiazole rings is 1. The van der Waals surface area contributed by atoms with Crippen LogP contribution in [0.25, 0.3) is 10.2 Å². The van der Waals surface area contributed by atoms with Crippen molar-refractivity contribution in [1.29, 1.82) is 0 Å². The van der Waals surface area contributed by atoms with Crippen LogP contribution in [0.2, 0.25) is 0 Å². The average molecular weight is 394 g/mol. The van der Waals surface area contributed by atoms with Gasteiger partial charge in [-0.3, -0.25) is 9.69 Å². The van der Waals surface area contributed by atoms with Crippen molar-refractivity contribution in [2.24, 2.45) is 0 Å². The van der Waals surface area contributed by atoms with Crippen molar-refractivity contribution >= 4 is 32.6 Å². The zero-order chi connectivity index (χ0) is 19.7. The summed E-state index contributed by atoms with van der Waals surface area (Å²) < 4.78 is 28.5. The van der Waals surface area contributed by atoms with Gasteiger partial charge in [-0.25, -0.2) is 13.8 Å². The second-order valence-electron chi connectivity index (χ2n) is 6.42. The number of carbonyl (C=O) groups excluding carboxylic acids is 1. The Labute approximate surface area is 164 Å². The van der Waals surface area contributed by atoms with Gasteiger partial charge in [0.05, 0.1) is 22.3 Å². The molecule has 0 aliphatic rings. The summed E-state index contributed by atoms with van der Waals surface area (Å²) in [5.41, 5.74) is 2.51. The number of rotatable bonds is 4. The maximum Gasteiger partial charge on any atom is 0.263 e. The molecule has 28 heavy (non-hydrogen) atoms. The SMILES string of the molecule is Cc1cccc2sc(N(Cc3ccccc3)C(=O)c3ccc(F)cc3F)nc12. The summed E-state index contributed by atoms with van der Waals surface area (Å²) in [6.07, 6.45) is 0. The smallest absolute Gasteiger partial charge is 0.263 e. The molecule has 0 atom stereocenters. The minimum atomic E-state index is -0.889. The second-order valence-corrected chi connectivity index (χ2v) is 7.43. The predicted molar refractivity (Wildman–Crippen MR) is 108 cm³/mol. The van der Waals surface area contributed by atoms with E-state index in [0.29, 0.717) is 5.13 Å². The molecule has 0 saturated carbocycles. The molecule has 4 aromatic rings. The lowest BCUT2D eigenvalue weighted by molar-refractivity contribution is 0.0981. The third kappa shape index (κ3) is 3.51. The Hall–Kier alpha value is -3.12. The van der Waals surface area contributed by atoms with E-state index in [9.17, 15) is 13.6 Å². The molecule has 140 valence electrons. The summed E-state index contributed by atoms with van der Waals surface area (Å²) in [7, 11) is 0. The second kappa shape index (κ2) is 7.48. The highest BCUT2D eigenvalue weighted by Gasteiger charge is 2.24. The quantitative estimate of drug-likeness (QED) is 0.443. The Morgan fingerprint density at radius 1 is 1.04 bits per heavy atom. The molecule has 0 spiro atoms. The zero-order valence-corrected chi connectivity index (χ0v) is 15.8. The normalized spacial score (nSPS) is 11.0. The number of halogens is 2. The third-order valence-electron chi connectivity index (χ3n) is 4.43. The Kier molecular flexibility index (Phi) is 4.88. The Morgan fingerprint density at radius 2 is 1.82 bits per heavy atom. The van der Waals surface area contributed by atoms with E-state index >= 15 is 0 Å². The molecule has 3 nitrogen and oxygen atoms in total. The lowest BCUT2D eigenvalue weighted by Gasteiger charge is -2.20. The predicted octanol–water partition coefficient (Wildman–Crippen LogP) is 5.73. The van der Waals surface area contributed by atoms with Crippen LogP contribution in [0.1, 0.15) is 21.5 Å². The van der Waals surface area contributed by atoms with Crippen molar-refractivity contribution in [3.63, 3.8) is 0 Å². The van der Waals surface area contributed by atoms with E-state index in [1.807, 2.05) is 55.5 Å². The van der Waals surface area contributed by atoms with Crippen molar-refractivity contribution in [3.05, 3.63) is 95.1 Å². The number of para-hydroxylation sites is 1. The molecule has 1 aromatic heterocycles. The number of fused-ring (bicyclic) bond motifs is 1. The van der Waals surface area contributed by atoms with Crippen LogP contribution in [0.15, 0.2) is 66.7 Å². The van der Waals surface area contributed by atoms with E-state index in [4.69, 9.17) is 0 Å². The Bertz CT molecular complexity index is 1160. The highest BCUT2D eigenvalue weighted by molar-refractivity contribution is 7.22. The van der Waals surface area contributed by atoms with E-state index in [1.54, 1.807) is 0 Å². The van der Waals surface area contributed by atoms with Crippen LogP contribution in [0.3, 0.4) is 0 Å². The third-order valence-corrected chi connectivity index (χ3v) is 5.47. The zero-order valence-electron chi connectivity index (χ0n) is 15.0. The van der Waals surface area contributed by atoms with E-state index in [-0.39, 0.29) is 12.1 Å². The lowest BCUT2D eigenvalue weighted by Crippen LogP contribution is -2.31. The van der Waals surface area contributed by atoms with E-state index in [2.05, 4.69) is 4.98 Å². The molecule has 0 saturated heterocycles. The minimum Gasteiger partial charge on any atom is -0.279 e. The summed E-state index contributed by atoms with van der Waals surface area (Å²) in [5.74, 6) is -2.17. The largest absolute Gasteiger partial charge is 0.279 e. The van der Waals surface area contributed by atoms with Gasteiger partial charge in [0.2, 0.25) is 0 Å². The number of hydrogen-bond donors (Lipinski definition) is 0. The number of anilines is 1. The Morgan fingerprint density at radius 3 is 2.54 bits per heavy atom. The molecule has 0 aliphatic heterocycles. The van der Waals surface area contributed by atoms with Crippen LogP contribution in [-0.4, -0.2) is 10.9 Å². The van der Waals surface area contributed by atoms with Crippen LogP contribution in [0.4, 0.5) is 13.9 Å². The molecule has 0 fully saturated rings. The van der Waals surface area contributed by atoms with Crippen molar-refractivity contribution in [3.8, 4) is 0 Å². The average Bonchev–Trinajstić information content (AvgIpc) is 3.12. The van der Waals surface area contributed by atoms with E-state index in [0.717, 1.165) is 33.5 Å². The van der Waals surface area contributed by atoms with Gasteiger partial charge in [0.15, 0.2) is 5.13 Å². The molecule has 0 unspecified atom stereocenters. The molecule has 1 heterocycles. The Balaban J connectivity index is 1.80. The molecule has 0 radical (unpaired) electrons. The highest BCUT2D eigenvalue weighted by atomic mass is 32.1. The van der Waals surface area contributed by atoms with Crippen LogP contribution in [-0.2, 0) is 6.54 Å². The van der Waals surface area contributed by atoms with Crippen LogP contribution in [0, 0.1) is 18.6 Å². The number of hydrogen-bond acceptors (Lipinski definition) is 3. The van der Waals surface area contributed by atoms with Crippen LogP contribution in [0.5, 0.6) is 0 Å². The molecule has 0 N–H and O–H groups in total. The molecule has 0 aliphatic carbocycles. The number of aromatic nitrogens is 1. The van der Waals surface area contributed by atoms with Gasteiger partial charge in [-0.15, -0.1) is 0 Å². The fourth-order valence-corrected chi connectivity index (χ4v) is 4.03. The first-order valence-electron chi connectivity index (χ1n) is 8.70. The molecule has 1 amide bonds. The maximum absolute atomic E-state index is 14.3. The van der Waals surface area contributed by atoms with Crippen molar-refractivity contribution in [2.75, 3.05) is 4.90 Å². The minimum absolute atomic E-state index is 0.187. The van der Waals surface area contributed by atoms with Gasteiger partial charge in [-0.1, -0.05) is 53.8 Å². The summed E-state index contributed by atoms with van der Waals surface area (Å²) in [6.45, 7) is 2.18. The van der Waals surface area contributed by atoms with Gasteiger partial charge < -0.3 is 0 Å². The first-order valence-corrected chi connectivity index (χ1v) is 9.51. The summed E-state index contributed by atoms with van der Waals surface area (Å²) in [5, 5.41) is 0.474. The van der Waals surface area contributed by atoms with Crippen molar-refractivity contribution < 1.29 is 13.6 Å². The lowest BCUT2D eigenvalue weighted by atomic mass is 10.1. The highest BCUT2D eigenvalue weighted by Crippen LogP contribution is 2.32. The first kappa shape index (κ1) is 18.3. The molecule has 0 bridgehead atoms.